The van der Waals surface area contributed by atoms with E-state index in [1.165, 1.54) is 30.6 Å². The van der Waals surface area contributed by atoms with Gasteiger partial charge >= 0.3 is 0 Å². The lowest BCUT2D eigenvalue weighted by atomic mass is 9.96. The number of nitrogens with two attached hydrogens (primary N) is 1. The highest BCUT2D eigenvalue weighted by Crippen LogP contribution is 2.37. The molecular formula is C19H21ClN4O5S. The molecule has 0 aliphatic carbocycles. The Labute approximate surface area is 182 Å². The summed E-state index contributed by atoms with van der Waals surface area (Å²) in [6, 6.07) is 2.94. The summed E-state index contributed by atoms with van der Waals surface area (Å²) in [5.74, 6) is -1.08. The van der Waals surface area contributed by atoms with Crippen LogP contribution >= 0.6 is 22.9 Å². The summed E-state index contributed by atoms with van der Waals surface area (Å²) in [7, 11) is 1.40. The van der Waals surface area contributed by atoms with E-state index in [4.69, 9.17) is 26.8 Å². The molecule has 1 saturated heterocycles. The lowest BCUT2D eigenvalue weighted by molar-refractivity contribution is -0.121. The standard InChI is InChI=1S/C19H21ClN4O5S/c1-28-14-8-12(7-13(20)16(14)29-10-15(21)25)18(27)24-5-2-3-11(9-24)17(26)23-19-22-4-6-30-19/h4,6-8,11H,2-3,5,9-10H2,1H3,(H2,21,25)(H,22,23,26). The fraction of sp³-hybridized carbons (Fsp3) is 0.368. The van der Waals surface area contributed by atoms with Crippen molar-refractivity contribution in [3.05, 3.63) is 34.3 Å². The van der Waals surface area contributed by atoms with Crippen molar-refractivity contribution in [2.24, 2.45) is 11.7 Å². The fourth-order valence-corrected chi connectivity index (χ4v) is 3.97. The number of carbonyl (C=O) groups excluding carboxylic acids is 3. The van der Waals surface area contributed by atoms with Crippen molar-refractivity contribution in [3.63, 3.8) is 0 Å². The SMILES string of the molecule is COc1cc(C(=O)N2CCCC(C(=O)Nc3nccs3)C2)cc(Cl)c1OCC(N)=O. The second-order valence-electron chi connectivity index (χ2n) is 6.66. The number of anilines is 1. The summed E-state index contributed by atoms with van der Waals surface area (Å²) in [5, 5.41) is 5.22. The second kappa shape index (κ2) is 9.77. The van der Waals surface area contributed by atoms with E-state index in [1.807, 2.05) is 0 Å². The van der Waals surface area contributed by atoms with Crippen molar-refractivity contribution in [1.82, 2.24) is 9.88 Å². The van der Waals surface area contributed by atoms with Gasteiger partial charge in [-0.2, -0.15) is 0 Å². The van der Waals surface area contributed by atoms with E-state index in [9.17, 15) is 14.4 Å². The lowest BCUT2D eigenvalue weighted by Gasteiger charge is -2.32. The van der Waals surface area contributed by atoms with Crippen LogP contribution in [0.4, 0.5) is 5.13 Å². The number of amides is 3. The zero-order chi connectivity index (χ0) is 21.7. The van der Waals surface area contributed by atoms with E-state index < -0.39 is 5.91 Å². The van der Waals surface area contributed by atoms with Gasteiger partial charge in [-0.3, -0.25) is 14.4 Å². The van der Waals surface area contributed by atoms with Crippen molar-refractivity contribution in [3.8, 4) is 11.5 Å². The van der Waals surface area contributed by atoms with E-state index in [1.54, 1.807) is 16.5 Å². The van der Waals surface area contributed by atoms with Gasteiger partial charge in [0, 0.05) is 30.2 Å². The molecule has 0 radical (unpaired) electrons. The zero-order valence-electron chi connectivity index (χ0n) is 16.2. The number of thiazole rings is 1. The summed E-state index contributed by atoms with van der Waals surface area (Å²) >= 11 is 7.58. The molecule has 1 aliphatic heterocycles. The highest BCUT2D eigenvalue weighted by molar-refractivity contribution is 7.13. The molecule has 1 aromatic heterocycles. The Bertz CT molecular complexity index is 937. The molecule has 1 atom stereocenters. The average molecular weight is 453 g/mol. The van der Waals surface area contributed by atoms with Crippen molar-refractivity contribution < 1.29 is 23.9 Å². The van der Waals surface area contributed by atoms with E-state index in [2.05, 4.69) is 10.3 Å². The number of nitrogens with one attached hydrogen (secondary N) is 1. The first-order chi connectivity index (χ1) is 14.4. The van der Waals surface area contributed by atoms with Crippen molar-refractivity contribution >= 4 is 45.8 Å². The molecule has 0 bridgehead atoms. The Hall–Kier alpha value is -2.85. The monoisotopic (exact) mass is 452 g/mol. The molecule has 1 fully saturated rings. The average Bonchev–Trinajstić information content (AvgIpc) is 3.24. The summed E-state index contributed by atoms with van der Waals surface area (Å²) in [4.78, 5) is 42.2. The van der Waals surface area contributed by atoms with Crippen LogP contribution in [0.3, 0.4) is 0 Å². The maximum atomic E-state index is 13.0. The smallest absolute Gasteiger partial charge is 0.255 e. The van der Waals surface area contributed by atoms with Crippen LogP contribution in [0.2, 0.25) is 5.02 Å². The first-order valence-corrected chi connectivity index (χ1v) is 10.4. The van der Waals surface area contributed by atoms with Gasteiger partial charge in [0.15, 0.2) is 23.2 Å². The third-order valence-electron chi connectivity index (χ3n) is 4.58. The summed E-state index contributed by atoms with van der Waals surface area (Å²) in [6.45, 7) is 0.445. The van der Waals surface area contributed by atoms with Crippen LogP contribution in [0.15, 0.2) is 23.7 Å². The second-order valence-corrected chi connectivity index (χ2v) is 7.96. The first kappa shape index (κ1) is 21.8. The van der Waals surface area contributed by atoms with Crippen LogP contribution in [0.1, 0.15) is 23.2 Å². The van der Waals surface area contributed by atoms with E-state index in [-0.39, 0.29) is 47.4 Å². The van der Waals surface area contributed by atoms with Gasteiger partial charge in [-0.05, 0) is 25.0 Å². The molecule has 1 aromatic carbocycles. The molecule has 1 aliphatic rings. The van der Waals surface area contributed by atoms with Crippen LogP contribution in [-0.4, -0.2) is 54.4 Å². The minimum Gasteiger partial charge on any atom is -0.493 e. The number of piperidine rings is 1. The zero-order valence-corrected chi connectivity index (χ0v) is 17.8. The number of nitrogens with zero attached hydrogens (tertiary/aromatic N) is 2. The number of likely N-dealkylation sites (tertiary alicyclic amines) is 1. The largest absolute Gasteiger partial charge is 0.493 e. The van der Waals surface area contributed by atoms with Crippen LogP contribution in [-0.2, 0) is 9.59 Å². The van der Waals surface area contributed by atoms with E-state index in [0.29, 0.717) is 30.1 Å². The minimum atomic E-state index is -0.663. The Morgan fingerprint density at radius 1 is 1.40 bits per heavy atom. The summed E-state index contributed by atoms with van der Waals surface area (Å²) < 4.78 is 10.5. The molecule has 0 spiro atoms. The van der Waals surface area contributed by atoms with Gasteiger partial charge < -0.3 is 25.4 Å². The Morgan fingerprint density at radius 3 is 2.87 bits per heavy atom. The number of halogens is 1. The fourth-order valence-electron chi connectivity index (χ4n) is 3.18. The predicted molar refractivity (Wildman–Crippen MR) is 112 cm³/mol. The van der Waals surface area contributed by atoms with Gasteiger partial charge in [0.2, 0.25) is 5.91 Å². The molecule has 9 nitrogen and oxygen atoms in total. The summed E-state index contributed by atoms with van der Waals surface area (Å²) in [6.07, 6.45) is 3.00. The Kier molecular flexibility index (Phi) is 7.11. The Balaban J connectivity index is 1.72. The number of aromatic nitrogens is 1. The van der Waals surface area contributed by atoms with Gasteiger partial charge in [0.1, 0.15) is 0 Å². The highest BCUT2D eigenvalue weighted by Gasteiger charge is 2.30. The number of methoxy groups -OCH3 is 1. The molecule has 2 heterocycles. The number of hydrogen-bond acceptors (Lipinski definition) is 7. The molecule has 160 valence electrons. The number of carbonyl (C=O) groups is 3. The topological polar surface area (TPSA) is 124 Å². The maximum Gasteiger partial charge on any atom is 0.255 e. The first-order valence-electron chi connectivity index (χ1n) is 9.17. The van der Waals surface area contributed by atoms with Gasteiger partial charge in [-0.25, -0.2) is 4.98 Å². The van der Waals surface area contributed by atoms with Crippen LogP contribution in [0.5, 0.6) is 11.5 Å². The van der Waals surface area contributed by atoms with Crippen molar-refractivity contribution in [2.45, 2.75) is 12.8 Å². The van der Waals surface area contributed by atoms with Crippen molar-refractivity contribution in [1.29, 1.82) is 0 Å². The number of ether oxygens (including phenoxy) is 2. The lowest BCUT2D eigenvalue weighted by Crippen LogP contribution is -2.43. The van der Waals surface area contributed by atoms with E-state index in [0.717, 1.165) is 0 Å². The number of primary amides is 1. The molecule has 1 unspecified atom stereocenters. The molecule has 3 amide bonds. The maximum absolute atomic E-state index is 13.0. The Morgan fingerprint density at radius 2 is 2.20 bits per heavy atom. The molecule has 2 aromatic rings. The van der Waals surface area contributed by atoms with Gasteiger partial charge in [0.05, 0.1) is 18.1 Å². The van der Waals surface area contributed by atoms with E-state index >= 15 is 0 Å². The predicted octanol–water partition coefficient (Wildman–Crippen LogP) is 2.16. The van der Waals surface area contributed by atoms with Crippen LogP contribution in [0.25, 0.3) is 0 Å². The summed E-state index contributed by atoms with van der Waals surface area (Å²) in [5.41, 5.74) is 5.39. The van der Waals surface area contributed by atoms with Gasteiger partial charge in [0.25, 0.3) is 11.8 Å². The molecule has 30 heavy (non-hydrogen) atoms. The minimum absolute atomic E-state index is 0.119. The normalized spacial score (nSPS) is 16.1. The van der Waals surface area contributed by atoms with Crippen molar-refractivity contribution in [2.75, 3.05) is 32.1 Å². The number of rotatable bonds is 7. The molecule has 3 rings (SSSR count). The molecule has 3 N–H and O–H groups in total. The van der Waals surface area contributed by atoms with Gasteiger partial charge in [-0.15, -0.1) is 11.3 Å². The third kappa shape index (κ3) is 5.19. The van der Waals surface area contributed by atoms with Gasteiger partial charge in [-0.1, -0.05) is 11.6 Å². The van der Waals surface area contributed by atoms with Crippen LogP contribution in [0, 0.1) is 5.92 Å². The quantitative estimate of drug-likeness (QED) is 0.663. The highest BCUT2D eigenvalue weighted by atomic mass is 35.5. The number of hydrogen-bond donors (Lipinski definition) is 2. The molecule has 0 saturated carbocycles. The third-order valence-corrected chi connectivity index (χ3v) is 5.55. The molecule has 11 heteroatoms. The van der Waals surface area contributed by atoms with Crippen LogP contribution < -0.4 is 20.5 Å². The molecular weight excluding hydrogens is 432 g/mol. The number of benzene rings is 1.